The summed E-state index contributed by atoms with van der Waals surface area (Å²) in [4.78, 5) is 2.45. The maximum absolute atomic E-state index is 12.8. The van der Waals surface area contributed by atoms with Gasteiger partial charge < -0.3 is 4.90 Å². The van der Waals surface area contributed by atoms with Gasteiger partial charge in [-0.05, 0) is 57.1 Å². The van der Waals surface area contributed by atoms with Gasteiger partial charge in [0, 0.05) is 6.04 Å². The summed E-state index contributed by atoms with van der Waals surface area (Å²) in [5.74, 6) is -0.279. The molecule has 1 aliphatic rings. The summed E-state index contributed by atoms with van der Waals surface area (Å²) >= 11 is 0. The van der Waals surface area contributed by atoms with Gasteiger partial charge in [0.25, 0.3) is 0 Å². The first-order valence-electron chi connectivity index (χ1n) is 6.67. The van der Waals surface area contributed by atoms with E-state index in [1.807, 2.05) is 7.05 Å². The van der Waals surface area contributed by atoms with Gasteiger partial charge in [-0.15, -0.1) is 0 Å². The number of piperidine rings is 1. The zero-order valence-electron chi connectivity index (χ0n) is 11.2. The lowest BCUT2D eigenvalue weighted by atomic mass is 10.0. The largest absolute Gasteiger partial charge is 0.303 e. The minimum Gasteiger partial charge on any atom is -0.303 e. The van der Waals surface area contributed by atoms with Crippen molar-refractivity contribution in [2.75, 3.05) is 19.3 Å². The molecule has 106 valence electrons. The van der Waals surface area contributed by atoms with Gasteiger partial charge >= 0.3 is 0 Å². The van der Waals surface area contributed by atoms with Crippen molar-refractivity contribution in [2.45, 2.75) is 36.6 Å². The van der Waals surface area contributed by atoms with E-state index in [0.29, 0.717) is 12.5 Å². The zero-order valence-corrected chi connectivity index (χ0v) is 12.0. The van der Waals surface area contributed by atoms with Crippen LogP contribution in [-0.4, -0.2) is 38.7 Å². The van der Waals surface area contributed by atoms with E-state index >= 15 is 0 Å². The van der Waals surface area contributed by atoms with Crippen molar-refractivity contribution >= 4 is 9.84 Å². The molecular formula is C14H20FNO2S. The van der Waals surface area contributed by atoms with Gasteiger partial charge in [0.15, 0.2) is 9.84 Å². The summed E-state index contributed by atoms with van der Waals surface area (Å²) in [7, 11) is -1.24. The van der Waals surface area contributed by atoms with Crippen LogP contribution in [0, 0.1) is 5.82 Å². The van der Waals surface area contributed by atoms with Crippen LogP contribution < -0.4 is 0 Å². The number of halogens is 1. The fraction of sp³-hybridized carbons (Fsp3) is 0.571. The minimum absolute atomic E-state index is 0.133. The van der Waals surface area contributed by atoms with E-state index in [4.69, 9.17) is 0 Å². The van der Waals surface area contributed by atoms with Crippen LogP contribution in [0.5, 0.6) is 0 Å². The molecule has 1 heterocycles. The third kappa shape index (κ3) is 3.76. The quantitative estimate of drug-likeness (QED) is 0.798. The molecule has 5 heteroatoms. The predicted molar refractivity (Wildman–Crippen MR) is 73.3 cm³/mol. The maximum Gasteiger partial charge on any atom is 0.178 e. The van der Waals surface area contributed by atoms with Crippen molar-refractivity contribution in [1.29, 1.82) is 0 Å². The second-order valence-electron chi connectivity index (χ2n) is 5.19. The first kappa shape index (κ1) is 14.5. The van der Waals surface area contributed by atoms with Gasteiger partial charge in [-0.25, -0.2) is 12.8 Å². The molecule has 0 aromatic heterocycles. The Morgan fingerprint density at radius 3 is 2.58 bits per heavy atom. The summed E-state index contributed by atoms with van der Waals surface area (Å²) < 4.78 is 37.1. The molecule has 0 saturated carbocycles. The Morgan fingerprint density at radius 1 is 1.26 bits per heavy atom. The van der Waals surface area contributed by atoms with E-state index in [-0.39, 0.29) is 10.6 Å². The van der Waals surface area contributed by atoms with Crippen LogP contribution in [0.25, 0.3) is 0 Å². The minimum atomic E-state index is -3.29. The fourth-order valence-corrected chi connectivity index (χ4v) is 3.93. The highest BCUT2D eigenvalue weighted by atomic mass is 32.2. The highest BCUT2D eigenvalue weighted by Gasteiger charge is 2.22. The molecule has 1 saturated heterocycles. The third-order valence-electron chi connectivity index (χ3n) is 3.81. The van der Waals surface area contributed by atoms with E-state index in [0.717, 1.165) is 13.0 Å². The average Bonchev–Trinajstić information content (AvgIpc) is 2.38. The number of rotatable bonds is 4. The lowest BCUT2D eigenvalue weighted by Crippen LogP contribution is -2.37. The molecule has 0 radical (unpaired) electrons. The van der Waals surface area contributed by atoms with Crippen LogP contribution in [0.4, 0.5) is 4.39 Å². The molecule has 2 rings (SSSR count). The molecule has 1 unspecified atom stereocenters. The Morgan fingerprint density at radius 2 is 1.95 bits per heavy atom. The van der Waals surface area contributed by atoms with E-state index in [1.54, 1.807) is 0 Å². The van der Waals surface area contributed by atoms with Crippen LogP contribution in [0.1, 0.15) is 25.7 Å². The number of benzene rings is 1. The normalized spacial score (nSPS) is 21.5. The number of hydrogen-bond acceptors (Lipinski definition) is 3. The highest BCUT2D eigenvalue weighted by Crippen LogP contribution is 2.20. The van der Waals surface area contributed by atoms with Crippen molar-refractivity contribution in [3.8, 4) is 0 Å². The number of hydrogen-bond donors (Lipinski definition) is 0. The molecule has 1 aromatic rings. The van der Waals surface area contributed by atoms with Gasteiger partial charge in [-0.2, -0.15) is 0 Å². The van der Waals surface area contributed by atoms with Gasteiger partial charge in [-0.3, -0.25) is 0 Å². The third-order valence-corrected chi connectivity index (χ3v) is 5.58. The van der Waals surface area contributed by atoms with Crippen LogP contribution >= 0.6 is 0 Å². The Labute approximate surface area is 114 Å². The highest BCUT2D eigenvalue weighted by molar-refractivity contribution is 7.91. The average molecular weight is 285 g/mol. The molecule has 1 aliphatic heterocycles. The molecular weight excluding hydrogens is 265 g/mol. The second-order valence-corrected chi connectivity index (χ2v) is 7.30. The fourth-order valence-electron chi connectivity index (χ4n) is 2.56. The summed E-state index contributed by atoms with van der Waals surface area (Å²) in [5.41, 5.74) is 0. The molecule has 0 N–H and O–H groups in total. The molecule has 0 bridgehead atoms. The molecule has 0 aliphatic carbocycles. The lowest BCUT2D eigenvalue weighted by Gasteiger charge is -2.32. The van der Waals surface area contributed by atoms with Crippen LogP contribution in [-0.2, 0) is 9.84 Å². The van der Waals surface area contributed by atoms with Crippen molar-refractivity contribution < 1.29 is 12.8 Å². The second kappa shape index (κ2) is 6.01. The molecule has 19 heavy (non-hydrogen) atoms. The Balaban J connectivity index is 1.99. The standard InChI is InChI=1S/C14H20FNO2S/c1-16-10-3-2-4-13(16)9-11-19(17,18)14-7-5-12(15)6-8-14/h5-8,13H,2-4,9-11H2,1H3. The molecule has 0 spiro atoms. The summed E-state index contributed by atoms with van der Waals surface area (Å²) in [6.45, 7) is 1.04. The van der Waals surface area contributed by atoms with Crippen LogP contribution in [0.2, 0.25) is 0 Å². The Hall–Kier alpha value is -0.940. The maximum atomic E-state index is 12.8. The molecule has 1 aromatic carbocycles. The van der Waals surface area contributed by atoms with Crippen molar-refractivity contribution in [3.05, 3.63) is 30.1 Å². The number of likely N-dealkylation sites (tertiary alicyclic amines) is 1. The Kier molecular flexibility index (Phi) is 4.58. The molecule has 1 fully saturated rings. The summed E-state index contributed by atoms with van der Waals surface area (Å²) in [6, 6.07) is 5.42. The first-order chi connectivity index (χ1) is 8.99. The Bertz CT molecular complexity index is 513. The predicted octanol–water partition coefficient (Wildman–Crippen LogP) is 2.47. The monoisotopic (exact) mass is 285 g/mol. The molecule has 0 amide bonds. The molecule has 1 atom stereocenters. The lowest BCUT2D eigenvalue weighted by molar-refractivity contribution is 0.181. The first-order valence-corrected chi connectivity index (χ1v) is 8.33. The van der Waals surface area contributed by atoms with E-state index in [9.17, 15) is 12.8 Å². The van der Waals surface area contributed by atoms with E-state index < -0.39 is 15.7 Å². The van der Waals surface area contributed by atoms with E-state index in [1.165, 1.54) is 37.1 Å². The van der Waals surface area contributed by atoms with Crippen molar-refractivity contribution in [2.24, 2.45) is 0 Å². The van der Waals surface area contributed by atoms with Crippen molar-refractivity contribution in [1.82, 2.24) is 4.90 Å². The summed E-state index contributed by atoms with van der Waals surface area (Å²) in [6.07, 6.45) is 4.08. The zero-order chi connectivity index (χ0) is 13.9. The summed E-state index contributed by atoms with van der Waals surface area (Å²) in [5, 5.41) is 0. The van der Waals surface area contributed by atoms with Gasteiger partial charge in [-0.1, -0.05) is 6.42 Å². The van der Waals surface area contributed by atoms with Gasteiger partial charge in [0.2, 0.25) is 0 Å². The van der Waals surface area contributed by atoms with E-state index in [2.05, 4.69) is 4.90 Å². The van der Waals surface area contributed by atoms with Crippen LogP contribution in [0.3, 0.4) is 0 Å². The topological polar surface area (TPSA) is 37.4 Å². The van der Waals surface area contributed by atoms with Gasteiger partial charge in [0.1, 0.15) is 5.82 Å². The van der Waals surface area contributed by atoms with Crippen molar-refractivity contribution in [3.63, 3.8) is 0 Å². The van der Waals surface area contributed by atoms with Gasteiger partial charge in [0.05, 0.1) is 10.6 Å². The SMILES string of the molecule is CN1CCCCC1CCS(=O)(=O)c1ccc(F)cc1. The number of nitrogens with zero attached hydrogens (tertiary/aromatic N) is 1. The smallest absolute Gasteiger partial charge is 0.178 e. The number of sulfone groups is 1. The van der Waals surface area contributed by atoms with Crippen LogP contribution in [0.15, 0.2) is 29.2 Å². The molecule has 3 nitrogen and oxygen atoms in total.